The predicted octanol–water partition coefficient (Wildman–Crippen LogP) is 5.52. The van der Waals surface area contributed by atoms with Crippen LogP contribution in [-0.4, -0.2) is 14.3 Å². The fourth-order valence-electron chi connectivity index (χ4n) is 2.71. The van der Waals surface area contributed by atoms with E-state index in [4.69, 9.17) is 11.6 Å². The summed E-state index contributed by atoms with van der Waals surface area (Å²) >= 11 is 5.81. The fraction of sp³-hybridized carbons (Fsp3) is 0.136. The maximum absolute atomic E-state index is 12.6. The second kappa shape index (κ2) is 8.68. The zero-order valence-electron chi connectivity index (χ0n) is 16.0. The molecule has 0 aromatic heterocycles. The van der Waals surface area contributed by atoms with Crippen LogP contribution in [0.1, 0.15) is 35.7 Å². The van der Waals surface area contributed by atoms with Gasteiger partial charge in [0.05, 0.1) is 4.90 Å². The highest BCUT2D eigenvalue weighted by Crippen LogP contribution is 2.21. The van der Waals surface area contributed by atoms with Crippen LogP contribution in [0.25, 0.3) is 0 Å². The minimum Gasteiger partial charge on any atom is -0.322 e. The van der Waals surface area contributed by atoms with Gasteiger partial charge >= 0.3 is 0 Å². The van der Waals surface area contributed by atoms with Gasteiger partial charge in [-0.2, -0.15) is 0 Å². The van der Waals surface area contributed by atoms with E-state index in [1.165, 1.54) is 35.9 Å². The molecule has 0 saturated carbocycles. The molecule has 0 spiro atoms. The molecule has 0 unspecified atom stereocenters. The number of nitrogens with one attached hydrogen (secondary N) is 2. The molecule has 0 aliphatic rings. The van der Waals surface area contributed by atoms with Gasteiger partial charge in [0.15, 0.2) is 0 Å². The van der Waals surface area contributed by atoms with E-state index in [0.29, 0.717) is 27.9 Å². The molecule has 7 heteroatoms. The molecule has 3 rings (SSSR count). The Morgan fingerprint density at radius 3 is 2.17 bits per heavy atom. The van der Waals surface area contributed by atoms with Crippen molar-refractivity contribution in [3.05, 3.63) is 88.9 Å². The number of benzene rings is 3. The molecule has 5 nitrogen and oxygen atoms in total. The molecule has 29 heavy (non-hydrogen) atoms. The first-order valence-corrected chi connectivity index (χ1v) is 10.9. The molecule has 0 fully saturated rings. The third-order valence-electron chi connectivity index (χ3n) is 4.34. The number of sulfonamides is 1. The van der Waals surface area contributed by atoms with Gasteiger partial charge in [-0.3, -0.25) is 9.52 Å². The van der Waals surface area contributed by atoms with E-state index >= 15 is 0 Å². The number of anilines is 2. The van der Waals surface area contributed by atoms with E-state index in [1.54, 1.807) is 18.2 Å². The Labute approximate surface area is 175 Å². The van der Waals surface area contributed by atoms with Crippen molar-refractivity contribution in [3.8, 4) is 0 Å². The van der Waals surface area contributed by atoms with Crippen molar-refractivity contribution in [2.45, 2.75) is 24.7 Å². The third kappa shape index (κ3) is 5.37. The van der Waals surface area contributed by atoms with E-state index in [2.05, 4.69) is 23.9 Å². The number of hydrogen-bond donors (Lipinski definition) is 2. The van der Waals surface area contributed by atoms with Gasteiger partial charge in [0.1, 0.15) is 0 Å². The number of halogens is 1. The number of amides is 1. The summed E-state index contributed by atoms with van der Waals surface area (Å²) in [5.74, 6) is 0.0833. The van der Waals surface area contributed by atoms with Gasteiger partial charge in [0, 0.05) is 22.0 Å². The van der Waals surface area contributed by atoms with Crippen LogP contribution in [0.3, 0.4) is 0 Å². The Hall–Kier alpha value is -2.83. The van der Waals surface area contributed by atoms with Crippen LogP contribution < -0.4 is 10.0 Å². The van der Waals surface area contributed by atoms with Crippen molar-refractivity contribution in [2.24, 2.45) is 0 Å². The normalized spacial score (nSPS) is 11.3. The monoisotopic (exact) mass is 428 g/mol. The SMILES string of the molecule is CC(C)c1ccc(NC(=O)c2cccc(NS(=O)(=O)c3ccc(Cl)cc3)c2)cc1. The summed E-state index contributed by atoms with van der Waals surface area (Å²) in [6.07, 6.45) is 0. The van der Waals surface area contributed by atoms with Gasteiger partial charge in [0.2, 0.25) is 0 Å². The molecule has 0 heterocycles. The maximum Gasteiger partial charge on any atom is 0.261 e. The number of rotatable bonds is 6. The van der Waals surface area contributed by atoms with E-state index in [0.717, 1.165) is 0 Å². The lowest BCUT2D eigenvalue weighted by Crippen LogP contribution is -2.15. The van der Waals surface area contributed by atoms with Gasteiger partial charge in [-0.25, -0.2) is 8.42 Å². The standard InChI is InChI=1S/C22H21ClN2O3S/c1-15(2)16-6-10-19(11-7-16)24-22(26)17-4-3-5-20(14-17)25-29(27,28)21-12-8-18(23)9-13-21/h3-15,25H,1-2H3,(H,24,26). The van der Waals surface area contributed by atoms with Crippen molar-refractivity contribution >= 4 is 38.9 Å². The summed E-state index contributed by atoms with van der Waals surface area (Å²) < 4.78 is 27.5. The molecule has 0 saturated heterocycles. The van der Waals surface area contributed by atoms with E-state index < -0.39 is 10.0 Å². The van der Waals surface area contributed by atoms with Crippen molar-refractivity contribution < 1.29 is 13.2 Å². The minimum absolute atomic E-state index is 0.0852. The summed E-state index contributed by atoms with van der Waals surface area (Å²) in [4.78, 5) is 12.6. The number of carbonyl (C=O) groups is 1. The summed E-state index contributed by atoms with van der Waals surface area (Å²) in [5, 5.41) is 3.27. The first kappa shape index (κ1) is 20.9. The van der Waals surface area contributed by atoms with Crippen LogP contribution in [0.15, 0.2) is 77.7 Å². The molecular formula is C22H21ClN2O3S. The molecule has 2 N–H and O–H groups in total. The summed E-state index contributed by atoms with van der Waals surface area (Å²) in [6.45, 7) is 4.20. The van der Waals surface area contributed by atoms with Gasteiger partial charge < -0.3 is 5.32 Å². The zero-order chi connectivity index (χ0) is 21.0. The zero-order valence-corrected chi connectivity index (χ0v) is 17.6. The average molecular weight is 429 g/mol. The predicted molar refractivity (Wildman–Crippen MR) is 117 cm³/mol. The largest absolute Gasteiger partial charge is 0.322 e. The quantitative estimate of drug-likeness (QED) is 0.543. The molecule has 3 aromatic carbocycles. The lowest BCUT2D eigenvalue weighted by molar-refractivity contribution is 0.102. The van der Waals surface area contributed by atoms with Crippen LogP contribution in [0.5, 0.6) is 0 Å². The Balaban J connectivity index is 1.74. The molecule has 0 aliphatic heterocycles. The van der Waals surface area contributed by atoms with Gasteiger partial charge in [-0.05, 0) is 66.1 Å². The van der Waals surface area contributed by atoms with Crippen LogP contribution in [0, 0.1) is 0 Å². The Kier molecular flexibility index (Phi) is 6.25. The van der Waals surface area contributed by atoms with Crippen molar-refractivity contribution in [2.75, 3.05) is 10.0 Å². The van der Waals surface area contributed by atoms with Crippen molar-refractivity contribution in [1.82, 2.24) is 0 Å². The number of carbonyl (C=O) groups excluding carboxylic acids is 1. The van der Waals surface area contributed by atoms with Gasteiger partial charge in [-0.15, -0.1) is 0 Å². The minimum atomic E-state index is -3.78. The van der Waals surface area contributed by atoms with E-state index in [1.807, 2.05) is 24.3 Å². The Morgan fingerprint density at radius 1 is 0.897 bits per heavy atom. The highest BCUT2D eigenvalue weighted by Gasteiger charge is 2.15. The lowest BCUT2D eigenvalue weighted by atomic mass is 10.0. The van der Waals surface area contributed by atoms with Crippen LogP contribution in [0.2, 0.25) is 5.02 Å². The second-order valence-corrected chi connectivity index (χ2v) is 8.99. The van der Waals surface area contributed by atoms with E-state index in [9.17, 15) is 13.2 Å². The third-order valence-corrected chi connectivity index (χ3v) is 5.99. The van der Waals surface area contributed by atoms with Gasteiger partial charge in [-0.1, -0.05) is 43.6 Å². The molecule has 0 bridgehead atoms. The second-order valence-electron chi connectivity index (χ2n) is 6.87. The average Bonchev–Trinajstić information content (AvgIpc) is 2.68. The molecule has 3 aromatic rings. The topological polar surface area (TPSA) is 75.3 Å². The summed E-state index contributed by atoms with van der Waals surface area (Å²) in [6, 6.07) is 19.8. The molecule has 0 radical (unpaired) electrons. The first-order valence-electron chi connectivity index (χ1n) is 9.04. The van der Waals surface area contributed by atoms with Crippen LogP contribution >= 0.6 is 11.6 Å². The summed E-state index contributed by atoms with van der Waals surface area (Å²) in [5.41, 5.74) is 2.49. The summed E-state index contributed by atoms with van der Waals surface area (Å²) in [7, 11) is -3.78. The smallest absolute Gasteiger partial charge is 0.261 e. The van der Waals surface area contributed by atoms with Crippen molar-refractivity contribution in [1.29, 1.82) is 0 Å². The maximum atomic E-state index is 12.6. The van der Waals surface area contributed by atoms with Crippen molar-refractivity contribution in [3.63, 3.8) is 0 Å². The highest BCUT2D eigenvalue weighted by atomic mass is 35.5. The lowest BCUT2D eigenvalue weighted by Gasteiger charge is -2.11. The Morgan fingerprint density at radius 2 is 1.55 bits per heavy atom. The first-order chi connectivity index (χ1) is 13.7. The molecule has 0 aliphatic carbocycles. The molecular weight excluding hydrogens is 408 g/mol. The number of hydrogen-bond acceptors (Lipinski definition) is 3. The molecule has 0 atom stereocenters. The highest BCUT2D eigenvalue weighted by molar-refractivity contribution is 7.92. The molecule has 150 valence electrons. The molecule has 1 amide bonds. The van der Waals surface area contributed by atoms with Gasteiger partial charge in [0.25, 0.3) is 15.9 Å². The van der Waals surface area contributed by atoms with Crippen LogP contribution in [-0.2, 0) is 10.0 Å². The Bertz CT molecular complexity index is 1110. The fourth-order valence-corrected chi connectivity index (χ4v) is 3.88. The van der Waals surface area contributed by atoms with Crippen LogP contribution in [0.4, 0.5) is 11.4 Å². The van der Waals surface area contributed by atoms with E-state index in [-0.39, 0.29) is 10.8 Å².